The van der Waals surface area contributed by atoms with E-state index in [2.05, 4.69) is 49.2 Å². The molecule has 0 fully saturated rings. The van der Waals surface area contributed by atoms with Gasteiger partial charge in [-0.25, -0.2) is 0 Å². The maximum absolute atomic E-state index is 6.19. The lowest BCUT2D eigenvalue weighted by molar-refractivity contribution is 0.164. The molecule has 0 aromatic carbocycles. The third-order valence-electron chi connectivity index (χ3n) is 3.39. The molecule has 0 amide bonds. The van der Waals surface area contributed by atoms with E-state index in [1.165, 1.54) is 5.56 Å². The second-order valence-corrected chi connectivity index (χ2v) is 5.68. The molecule has 0 bridgehead atoms. The average Bonchev–Trinajstić information content (AvgIpc) is 2.36. The number of thioether (sulfide) groups is 1. The van der Waals surface area contributed by atoms with Crippen LogP contribution in [0.4, 0.5) is 0 Å². The van der Waals surface area contributed by atoms with E-state index in [1.54, 1.807) is 0 Å². The van der Waals surface area contributed by atoms with Gasteiger partial charge in [0.2, 0.25) is 0 Å². The molecule has 18 heavy (non-hydrogen) atoms. The molecule has 0 radical (unpaired) electrons. The van der Waals surface area contributed by atoms with Crippen LogP contribution in [0.5, 0.6) is 0 Å². The van der Waals surface area contributed by atoms with Crippen molar-refractivity contribution in [3.05, 3.63) is 30.1 Å². The fourth-order valence-corrected chi connectivity index (χ4v) is 3.27. The van der Waals surface area contributed by atoms with Gasteiger partial charge in [0.05, 0.1) is 0 Å². The minimum atomic E-state index is 0.105. The van der Waals surface area contributed by atoms with Crippen molar-refractivity contribution in [2.75, 3.05) is 19.1 Å². The molecule has 3 nitrogen and oxygen atoms in total. The molecule has 3 unspecified atom stereocenters. The van der Waals surface area contributed by atoms with Crippen molar-refractivity contribution in [3.63, 3.8) is 0 Å². The van der Waals surface area contributed by atoms with E-state index < -0.39 is 0 Å². The monoisotopic (exact) mass is 267 g/mol. The van der Waals surface area contributed by atoms with Crippen molar-refractivity contribution in [2.45, 2.75) is 38.4 Å². The van der Waals surface area contributed by atoms with Gasteiger partial charge in [0.25, 0.3) is 0 Å². The minimum Gasteiger partial charge on any atom is -0.326 e. The molecule has 0 spiro atoms. The zero-order valence-electron chi connectivity index (χ0n) is 11.8. The van der Waals surface area contributed by atoms with E-state index >= 15 is 0 Å². The zero-order valence-corrected chi connectivity index (χ0v) is 12.7. The summed E-state index contributed by atoms with van der Waals surface area (Å²) in [5.74, 6) is 1.14. The Kier molecular flexibility index (Phi) is 6.68. The van der Waals surface area contributed by atoms with Gasteiger partial charge in [0.1, 0.15) is 0 Å². The first-order valence-corrected chi connectivity index (χ1v) is 7.87. The van der Waals surface area contributed by atoms with Crippen molar-refractivity contribution in [3.8, 4) is 0 Å². The molecule has 0 aliphatic rings. The van der Waals surface area contributed by atoms with Crippen LogP contribution in [0, 0.1) is 0 Å². The summed E-state index contributed by atoms with van der Waals surface area (Å²) in [5.41, 5.74) is 7.44. The minimum absolute atomic E-state index is 0.105. The second kappa shape index (κ2) is 7.77. The maximum Gasteiger partial charge on any atom is 0.0497 e. The van der Waals surface area contributed by atoms with E-state index in [-0.39, 0.29) is 12.1 Å². The number of hydrogen-bond acceptors (Lipinski definition) is 4. The topological polar surface area (TPSA) is 42.2 Å². The molecule has 1 rings (SSSR count). The van der Waals surface area contributed by atoms with Crippen LogP contribution >= 0.6 is 11.8 Å². The SMILES string of the molecule is CCC(CSC)N(C)C(c1ccncc1)C(C)N. The lowest BCUT2D eigenvalue weighted by atomic mass is 9.99. The fourth-order valence-electron chi connectivity index (χ4n) is 2.41. The smallest absolute Gasteiger partial charge is 0.0497 e. The second-order valence-electron chi connectivity index (χ2n) is 4.77. The van der Waals surface area contributed by atoms with Crippen LogP contribution in [0.1, 0.15) is 31.9 Å². The van der Waals surface area contributed by atoms with Crippen LogP contribution in [0.25, 0.3) is 0 Å². The Morgan fingerprint density at radius 1 is 1.39 bits per heavy atom. The number of likely N-dealkylation sites (N-methyl/N-ethyl adjacent to an activating group) is 1. The predicted molar refractivity (Wildman–Crippen MR) is 80.9 cm³/mol. The van der Waals surface area contributed by atoms with E-state index in [0.717, 1.165) is 12.2 Å². The van der Waals surface area contributed by atoms with Crippen molar-refractivity contribution >= 4 is 11.8 Å². The molecule has 1 aromatic heterocycles. The molecule has 0 aliphatic heterocycles. The molecule has 1 aromatic rings. The Balaban J connectivity index is 2.91. The Morgan fingerprint density at radius 3 is 2.44 bits per heavy atom. The van der Waals surface area contributed by atoms with Crippen LogP contribution in [0.15, 0.2) is 24.5 Å². The maximum atomic E-state index is 6.19. The highest BCUT2D eigenvalue weighted by atomic mass is 32.2. The van der Waals surface area contributed by atoms with Crippen LogP contribution in [-0.4, -0.2) is 41.0 Å². The number of hydrogen-bond donors (Lipinski definition) is 1. The molecule has 1 heterocycles. The van der Waals surface area contributed by atoms with Crippen molar-refractivity contribution < 1.29 is 0 Å². The summed E-state index contributed by atoms with van der Waals surface area (Å²) in [4.78, 5) is 6.50. The van der Waals surface area contributed by atoms with E-state index in [1.807, 2.05) is 24.2 Å². The van der Waals surface area contributed by atoms with Gasteiger partial charge in [0.15, 0.2) is 0 Å². The van der Waals surface area contributed by atoms with E-state index in [0.29, 0.717) is 6.04 Å². The van der Waals surface area contributed by atoms with Gasteiger partial charge in [-0.05, 0) is 44.3 Å². The molecule has 102 valence electrons. The molecule has 2 N–H and O–H groups in total. The highest BCUT2D eigenvalue weighted by Crippen LogP contribution is 2.25. The average molecular weight is 267 g/mol. The van der Waals surface area contributed by atoms with Crippen LogP contribution < -0.4 is 5.73 Å². The van der Waals surface area contributed by atoms with E-state index in [4.69, 9.17) is 5.73 Å². The molecule has 0 saturated heterocycles. The summed E-state index contributed by atoms with van der Waals surface area (Å²) >= 11 is 1.89. The van der Waals surface area contributed by atoms with Crippen molar-refractivity contribution in [2.24, 2.45) is 5.73 Å². The van der Waals surface area contributed by atoms with Crippen LogP contribution in [0.3, 0.4) is 0 Å². The van der Waals surface area contributed by atoms with Gasteiger partial charge in [0, 0.05) is 36.3 Å². The summed E-state index contributed by atoms with van der Waals surface area (Å²) in [6, 6.07) is 5.05. The summed E-state index contributed by atoms with van der Waals surface area (Å²) in [7, 11) is 2.18. The van der Waals surface area contributed by atoms with E-state index in [9.17, 15) is 0 Å². The highest BCUT2D eigenvalue weighted by molar-refractivity contribution is 7.98. The first kappa shape index (κ1) is 15.5. The normalized spacial score (nSPS) is 16.6. The molecular formula is C14H25N3S. The summed E-state index contributed by atoms with van der Waals surface area (Å²) in [6.45, 7) is 4.32. The third-order valence-corrected chi connectivity index (χ3v) is 4.11. The zero-order chi connectivity index (χ0) is 13.5. The molecule has 0 saturated carbocycles. The van der Waals surface area contributed by atoms with Crippen molar-refractivity contribution in [1.29, 1.82) is 0 Å². The lowest BCUT2D eigenvalue weighted by Crippen LogP contribution is -2.43. The highest BCUT2D eigenvalue weighted by Gasteiger charge is 2.25. The van der Waals surface area contributed by atoms with Gasteiger partial charge < -0.3 is 5.73 Å². The summed E-state index contributed by atoms with van der Waals surface area (Å²) in [5, 5.41) is 0. The summed E-state index contributed by atoms with van der Waals surface area (Å²) in [6.07, 6.45) is 6.98. The number of nitrogens with zero attached hydrogens (tertiary/aromatic N) is 2. The molecule has 0 aliphatic carbocycles. The summed E-state index contributed by atoms with van der Waals surface area (Å²) < 4.78 is 0. The van der Waals surface area contributed by atoms with Crippen LogP contribution in [-0.2, 0) is 0 Å². The van der Waals surface area contributed by atoms with Crippen LogP contribution in [0.2, 0.25) is 0 Å². The number of aromatic nitrogens is 1. The Bertz CT molecular complexity index is 329. The Morgan fingerprint density at radius 2 is 2.00 bits per heavy atom. The molecule has 3 atom stereocenters. The number of rotatable bonds is 7. The quantitative estimate of drug-likeness (QED) is 0.824. The van der Waals surface area contributed by atoms with Gasteiger partial charge in [-0.15, -0.1) is 0 Å². The molecular weight excluding hydrogens is 242 g/mol. The predicted octanol–water partition coefficient (Wildman–Crippen LogP) is 2.54. The Hall–Kier alpha value is -0.580. The third kappa shape index (κ3) is 3.97. The fraction of sp³-hybridized carbons (Fsp3) is 0.643. The Labute approximate surface area is 115 Å². The number of pyridine rings is 1. The molecule has 4 heteroatoms. The van der Waals surface area contributed by atoms with Gasteiger partial charge >= 0.3 is 0 Å². The lowest BCUT2D eigenvalue weighted by Gasteiger charge is -2.37. The largest absolute Gasteiger partial charge is 0.326 e. The van der Waals surface area contributed by atoms with Gasteiger partial charge in [-0.1, -0.05) is 6.92 Å². The number of nitrogens with two attached hydrogens (primary N) is 1. The van der Waals surface area contributed by atoms with Crippen molar-refractivity contribution in [1.82, 2.24) is 9.88 Å². The van der Waals surface area contributed by atoms with Gasteiger partial charge in [-0.2, -0.15) is 11.8 Å². The first-order valence-electron chi connectivity index (χ1n) is 6.48. The van der Waals surface area contributed by atoms with Gasteiger partial charge in [-0.3, -0.25) is 9.88 Å². The standard InChI is InChI=1S/C14H25N3S/c1-5-13(10-18-4)17(3)14(11(2)15)12-6-8-16-9-7-12/h6-9,11,13-14H,5,10,15H2,1-4H3. The first-order chi connectivity index (χ1) is 8.61.